The van der Waals surface area contributed by atoms with Gasteiger partial charge in [0.25, 0.3) is 11.5 Å². The van der Waals surface area contributed by atoms with E-state index in [1.807, 2.05) is 30.8 Å². The molecule has 1 saturated heterocycles. The number of nitrogens with zero attached hydrogens (tertiary/aromatic N) is 3. The van der Waals surface area contributed by atoms with Gasteiger partial charge in [-0.1, -0.05) is 75.0 Å². The number of carboxylic acid groups (broad SMARTS) is 1. The number of hydrogen-bond donors (Lipinski definition) is 1. The van der Waals surface area contributed by atoms with Crippen molar-refractivity contribution < 1.29 is 14.7 Å². The summed E-state index contributed by atoms with van der Waals surface area (Å²) in [6.07, 6.45) is 14.9. The molecule has 11 heteroatoms. The maximum absolute atomic E-state index is 13.5. The molecule has 2 aliphatic heterocycles. The van der Waals surface area contributed by atoms with Crippen molar-refractivity contribution in [3.05, 3.63) is 80.1 Å². The van der Waals surface area contributed by atoms with Crippen molar-refractivity contribution in [3.8, 4) is 0 Å². The summed E-state index contributed by atoms with van der Waals surface area (Å²) in [5.41, 5.74) is 4.19. The molecule has 1 saturated carbocycles. The highest BCUT2D eigenvalue weighted by molar-refractivity contribution is 8.30. The van der Waals surface area contributed by atoms with Gasteiger partial charge in [-0.05, 0) is 98.9 Å². The fraction of sp³-hybridized carbons (Fsp3) is 0.447. The van der Waals surface area contributed by atoms with Gasteiger partial charge in [0.15, 0.2) is 0 Å². The van der Waals surface area contributed by atoms with Crippen LogP contribution in [0.5, 0.6) is 0 Å². The fourth-order valence-electron chi connectivity index (χ4n) is 7.24. The Morgan fingerprint density at radius 1 is 1.04 bits per heavy atom. The first-order valence-electron chi connectivity index (χ1n) is 17.4. The number of amides is 1. The Bertz CT molecular complexity index is 1880. The van der Waals surface area contributed by atoms with Crippen LogP contribution >= 0.6 is 47.1 Å². The number of thiocarbonyl (C=S) groups is 1. The lowest BCUT2D eigenvalue weighted by Gasteiger charge is -2.27. The van der Waals surface area contributed by atoms with Gasteiger partial charge in [-0.2, -0.15) is 0 Å². The molecule has 7 nitrogen and oxygen atoms in total. The Morgan fingerprint density at radius 2 is 1.78 bits per heavy atom. The summed E-state index contributed by atoms with van der Waals surface area (Å²) in [6, 6.07) is 15.8. The highest BCUT2D eigenvalue weighted by Crippen LogP contribution is 2.52. The van der Waals surface area contributed by atoms with Crippen molar-refractivity contribution in [2.24, 2.45) is 0 Å². The molecule has 6 rings (SSSR count). The van der Waals surface area contributed by atoms with Crippen LogP contribution in [0.3, 0.4) is 0 Å². The fourth-order valence-corrected chi connectivity index (χ4v) is 10.8. The van der Waals surface area contributed by atoms with Crippen LogP contribution in [-0.2, 0) is 16.1 Å². The second kappa shape index (κ2) is 16.4. The van der Waals surface area contributed by atoms with Crippen molar-refractivity contribution in [1.29, 1.82) is 0 Å². The van der Waals surface area contributed by atoms with E-state index < -0.39 is 18.1 Å². The number of carboxylic acids is 1. The average Bonchev–Trinajstić information content (AvgIpc) is 3.83. The van der Waals surface area contributed by atoms with E-state index in [0.717, 1.165) is 60.1 Å². The molecule has 2 unspecified atom stereocenters. The quantitative estimate of drug-likeness (QED) is 0.0977. The number of anilines is 2. The molecular formula is C38H43N3O4S4. The van der Waals surface area contributed by atoms with Crippen molar-refractivity contribution in [2.75, 3.05) is 17.2 Å². The van der Waals surface area contributed by atoms with E-state index in [2.05, 4.69) is 41.3 Å². The van der Waals surface area contributed by atoms with Crippen LogP contribution < -0.4 is 19.7 Å². The summed E-state index contributed by atoms with van der Waals surface area (Å²) in [4.78, 5) is 43.9. The first kappa shape index (κ1) is 35.9. The number of thioether (sulfide) groups is 2. The molecule has 0 bridgehead atoms. The molecule has 258 valence electrons. The molecule has 1 aliphatic carbocycles. The Balaban J connectivity index is 1.21. The third-order valence-electron chi connectivity index (χ3n) is 9.61. The lowest BCUT2D eigenvalue weighted by molar-refractivity contribution is -0.137. The topological polar surface area (TPSA) is 82.8 Å². The van der Waals surface area contributed by atoms with Crippen LogP contribution in [-0.4, -0.2) is 49.1 Å². The molecule has 1 aromatic heterocycles. The minimum Gasteiger partial charge on any atom is -0.480 e. The van der Waals surface area contributed by atoms with Crippen molar-refractivity contribution in [1.82, 2.24) is 9.47 Å². The summed E-state index contributed by atoms with van der Waals surface area (Å²) >= 11 is 9.59. The monoisotopic (exact) mass is 733 g/mol. The van der Waals surface area contributed by atoms with Crippen molar-refractivity contribution >= 4 is 85.6 Å². The van der Waals surface area contributed by atoms with Crippen LogP contribution in [0.15, 0.2) is 52.2 Å². The van der Waals surface area contributed by atoms with Crippen LogP contribution in [0.25, 0.3) is 11.0 Å². The maximum atomic E-state index is 13.5. The highest BCUT2D eigenvalue weighted by Gasteiger charge is 2.42. The third kappa shape index (κ3) is 7.90. The molecule has 2 fully saturated rings. The lowest BCUT2D eigenvalue weighted by Crippen LogP contribution is -2.35. The predicted molar refractivity (Wildman–Crippen MR) is 207 cm³/mol. The Hall–Kier alpha value is -2.86. The van der Waals surface area contributed by atoms with Gasteiger partial charge in [0, 0.05) is 34.8 Å². The van der Waals surface area contributed by atoms with Gasteiger partial charge in [-0.25, -0.2) is 0 Å². The number of benzene rings is 2. The van der Waals surface area contributed by atoms with E-state index in [1.165, 1.54) is 76.2 Å². The van der Waals surface area contributed by atoms with E-state index in [0.29, 0.717) is 36.9 Å². The van der Waals surface area contributed by atoms with Gasteiger partial charge in [-0.3, -0.25) is 23.9 Å². The predicted octanol–water partition coefficient (Wildman–Crippen LogP) is 7.52. The molecule has 3 aromatic rings. The van der Waals surface area contributed by atoms with Crippen molar-refractivity contribution in [3.63, 3.8) is 0 Å². The maximum Gasteiger partial charge on any atom is 0.323 e. The number of aliphatic carboxylic acids is 1. The molecule has 1 N–H and O–H groups in total. The van der Waals surface area contributed by atoms with Gasteiger partial charge >= 0.3 is 5.97 Å². The zero-order chi connectivity index (χ0) is 34.5. The van der Waals surface area contributed by atoms with Crippen LogP contribution in [0, 0.1) is 6.92 Å². The van der Waals surface area contributed by atoms with E-state index >= 15 is 0 Å². The normalized spacial score (nSPS) is 20.1. The van der Waals surface area contributed by atoms with E-state index in [9.17, 15) is 19.5 Å². The largest absolute Gasteiger partial charge is 0.480 e. The number of unbranched alkanes of at least 4 members (excludes halogenated alkanes) is 7. The zero-order valence-electron chi connectivity index (χ0n) is 27.9. The molecular weight excluding hydrogens is 691 g/mol. The molecule has 2 atom stereocenters. The van der Waals surface area contributed by atoms with Gasteiger partial charge < -0.3 is 10.0 Å². The second-order valence-electron chi connectivity index (χ2n) is 12.8. The summed E-state index contributed by atoms with van der Waals surface area (Å²) in [6.45, 7) is 7.31. The van der Waals surface area contributed by atoms with Gasteiger partial charge in [0.1, 0.15) is 20.4 Å². The zero-order valence-corrected chi connectivity index (χ0v) is 31.2. The Labute approximate surface area is 306 Å². The van der Waals surface area contributed by atoms with Crippen LogP contribution in [0.4, 0.5) is 11.4 Å². The molecule has 3 aliphatic rings. The number of carbonyl (C=O) groups is 2. The molecule has 3 heterocycles. The van der Waals surface area contributed by atoms with Gasteiger partial charge in [0.05, 0.1) is 4.53 Å². The van der Waals surface area contributed by atoms with E-state index in [1.54, 1.807) is 0 Å². The average molecular weight is 734 g/mol. The van der Waals surface area contributed by atoms with Crippen molar-refractivity contribution in [2.45, 2.75) is 101 Å². The summed E-state index contributed by atoms with van der Waals surface area (Å²) in [7, 11) is 0. The molecule has 49 heavy (non-hydrogen) atoms. The molecule has 2 radical (unpaired) electrons. The summed E-state index contributed by atoms with van der Waals surface area (Å²) in [5.74, 6) is 0.126. The minimum absolute atomic E-state index is 0.290. The van der Waals surface area contributed by atoms with E-state index in [4.69, 9.17) is 19.1 Å². The summed E-state index contributed by atoms with van der Waals surface area (Å²) in [5, 5.41) is 9.58. The standard InChI is InChI=1S/C38H43N3O4S4/c1-3-5-6-7-8-9-10-11-21-47-27-18-16-26(17-19-27)41-30-14-12-13-28(30)29-22-25(15-20-31(29)41)23-32-35(44)40(24-33(42)43)37(48-32)34-36(45)39(4-2)38(46)49-34/h1,15-20,22-23,28,30H,3-14,21,24H2,2H3,(H,42,43)/b32-23-,37-34+. The van der Waals surface area contributed by atoms with Crippen LogP contribution in [0.2, 0.25) is 0 Å². The lowest BCUT2D eigenvalue weighted by atomic mass is 9.96. The Kier molecular flexibility index (Phi) is 12.1. The molecule has 2 aromatic carbocycles. The van der Waals surface area contributed by atoms with Gasteiger partial charge in [0.2, 0.25) is 0 Å². The number of fused-ring (bicyclic) bond motifs is 3. The minimum atomic E-state index is -1.14. The number of hydrogen-bond acceptors (Lipinski definition) is 8. The van der Waals surface area contributed by atoms with E-state index in [-0.39, 0.29) is 5.91 Å². The number of rotatable bonds is 15. The smallest absolute Gasteiger partial charge is 0.323 e. The third-order valence-corrected chi connectivity index (χ3v) is 13.4. The number of thiazole rings is 1. The van der Waals surface area contributed by atoms with Gasteiger partial charge in [-0.15, -0.1) is 23.1 Å². The molecule has 1 amide bonds. The Morgan fingerprint density at radius 3 is 2.47 bits per heavy atom. The first-order chi connectivity index (χ1) is 23.8. The number of carbonyl (C=O) groups excluding carboxylic acids is 1. The SMILES string of the molecule is [CH]CCCCCCCCCSc1ccc(N2c3ccc(/C=c4\s/c(=C5/SC(=S)N(CC)C5=O)n(CC(=O)O)c4=O)cc3C3CCCC32)cc1. The second-order valence-corrected chi connectivity index (χ2v) is 16.7. The highest BCUT2D eigenvalue weighted by atomic mass is 32.2. The first-order valence-corrected chi connectivity index (χ1v) is 20.4. The summed E-state index contributed by atoms with van der Waals surface area (Å²) < 4.78 is 2.34. The molecule has 0 spiro atoms. The van der Waals surface area contributed by atoms with Crippen LogP contribution in [0.1, 0.15) is 94.6 Å². The number of aromatic nitrogens is 1.